The third-order valence-corrected chi connectivity index (χ3v) is 3.23. The van der Waals surface area contributed by atoms with Crippen molar-refractivity contribution in [3.63, 3.8) is 0 Å². The van der Waals surface area contributed by atoms with Crippen LogP contribution in [-0.4, -0.2) is 50.7 Å². The summed E-state index contributed by atoms with van der Waals surface area (Å²) in [5, 5.41) is 0. The van der Waals surface area contributed by atoms with Gasteiger partial charge in [0.15, 0.2) is 0 Å². The number of carbonyl (C=O) groups excluding carboxylic acids is 2. The number of esters is 1. The molecule has 0 unspecified atom stereocenters. The summed E-state index contributed by atoms with van der Waals surface area (Å²) in [5.74, 6) is -0.471. The third-order valence-electron chi connectivity index (χ3n) is 2.74. The number of nitrogens with zero attached hydrogens (tertiary/aromatic N) is 1. The number of rotatable bonds is 7. The number of methoxy groups -OCH3 is 2. The Morgan fingerprint density at radius 3 is 2.60 bits per heavy atom. The van der Waals surface area contributed by atoms with E-state index < -0.39 is 0 Å². The number of hydrogen-bond donors (Lipinski definition) is 0. The summed E-state index contributed by atoms with van der Waals surface area (Å²) in [6, 6.07) is 7.14. The van der Waals surface area contributed by atoms with Crippen LogP contribution in [0.3, 0.4) is 0 Å². The minimum atomic E-state index is -0.338. The second-order valence-electron chi connectivity index (χ2n) is 4.12. The standard InChI is InChI=1S/C14H18BrNO4/c1-19-9-8-16(7-6-13(17)20-2)14(18)11-4-3-5-12(15)10-11/h3-5,10H,6-9H2,1-2H3. The largest absolute Gasteiger partial charge is 0.469 e. The Labute approximate surface area is 127 Å². The van der Waals surface area contributed by atoms with Crippen LogP contribution in [0.25, 0.3) is 0 Å². The van der Waals surface area contributed by atoms with E-state index in [9.17, 15) is 9.59 Å². The van der Waals surface area contributed by atoms with E-state index in [2.05, 4.69) is 20.7 Å². The monoisotopic (exact) mass is 343 g/mol. The molecule has 0 saturated carbocycles. The van der Waals surface area contributed by atoms with Crippen molar-refractivity contribution in [2.75, 3.05) is 33.9 Å². The van der Waals surface area contributed by atoms with Crippen LogP contribution in [0.15, 0.2) is 28.7 Å². The Hall–Kier alpha value is -1.40. The number of hydrogen-bond acceptors (Lipinski definition) is 4. The van der Waals surface area contributed by atoms with Crippen LogP contribution >= 0.6 is 15.9 Å². The lowest BCUT2D eigenvalue weighted by molar-refractivity contribution is -0.140. The normalized spacial score (nSPS) is 10.2. The Bertz CT molecular complexity index is 464. The maximum Gasteiger partial charge on any atom is 0.307 e. The van der Waals surface area contributed by atoms with Crippen LogP contribution < -0.4 is 0 Å². The minimum Gasteiger partial charge on any atom is -0.469 e. The van der Waals surface area contributed by atoms with Gasteiger partial charge in [0.25, 0.3) is 5.91 Å². The van der Waals surface area contributed by atoms with Crippen LogP contribution in [0.5, 0.6) is 0 Å². The maximum absolute atomic E-state index is 12.4. The lowest BCUT2D eigenvalue weighted by Gasteiger charge is -2.22. The topological polar surface area (TPSA) is 55.8 Å². The zero-order chi connectivity index (χ0) is 15.0. The lowest BCUT2D eigenvalue weighted by Crippen LogP contribution is -2.35. The Kier molecular flexibility index (Phi) is 7.25. The first-order chi connectivity index (χ1) is 9.58. The van der Waals surface area contributed by atoms with Gasteiger partial charge in [0.2, 0.25) is 0 Å². The van der Waals surface area contributed by atoms with Crippen molar-refractivity contribution in [3.8, 4) is 0 Å². The molecule has 0 heterocycles. The SMILES string of the molecule is COCCN(CCC(=O)OC)C(=O)c1cccc(Br)c1. The highest BCUT2D eigenvalue weighted by Gasteiger charge is 2.17. The van der Waals surface area contributed by atoms with Crippen molar-refractivity contribution in [1.82, 2.24) is 4.90 Å². The molecule has 0 aliphatic heterocycles. The van der Waals surface area contributed by atoms with E-state index in [1.165, 1.54) is 7.11 Å². The van der Waals surface area contributed by atoms with Crippen LogP contribution in [0.4, 0.5) is 0 Å². The van der Waals surface area contributed by atoms with Crippen molar-refractivity contribution < 1.29 is 19.1 Å². The van der Waals surface area contributed by atoms with Crippen molar-refractivity contribution in [2.45, 2.75) is 6.42 Å². The Morgan fingerprint density at radius 2 is 2.00 bits per heavy atom. The Balaban J connectivity index is 2.75. The highest BCUT2D eigenvalue weighted by molar-refractivity contribution is 9.10. The summed E-state index contributed by atoms with van der Waals surface area (Å²) in [4.78, 5) is 25.2. The summed E-state index contributed by atoms with van der Waals surface area (Å²) in [6.45, 7) is 1.15. The summed E-state index contributed by atoms with van der Waals surface area (Å²) >= 11 is 3.34. The molecule has 0 aromatic heterocycles. The molecule has 1 aromatic carbocycles. The van der Waals surface area contributed by atoms with E-state index in [1.54, 1.807) is 30.2 Å². The molecule has 0 saturated heterocycles. The van der Waals surface area contributed by atoms with Crippen LogP contribution in [0, 0.1) is 0 Å². The molecular weight excluding hydrogens is 326 g/mol. The van der Waals surface area contributed by atoms with Gasteiger partial charge in [0.05, 0.1) is 20.1 Å². The molecule has 20 heavy (non-hydrogen) atoms. The fourth-order valence-electron chi connectivity index (χ4n) is 1.65. The van der Waals surface area contributed by atoms with Gasteiger partial charge >= 0.3 is 5.97 Å². The number of amides is 1. The van der Waals surface area contributed by atoms with E-state index in [4.69, 9.17) is 4.74 Å². The van der Waals surface area contributed by atoms with E-state index in [0.29, 0.717) is 25.3 Å². The van der Waals surface area contributed by atoms with E-state index >= 15 is 0 Å². The van der Waals surface area contributed by atoms with Gasteiger partial charge in [-0.25, -0.2) is 0 Å². The van der Waals surface area contributed by atoms with Gasteiger partial charge in [-0.3, -0.25) is 9.59 Å². The van der Waals surface area contributed by atoms with Crippen LogP contribution in [0.2, 0.25) is 0 Å². The molecule has 1 amide bonds. The van der Waals surface area contributed by atoms with Crippen LogP contribution in [0.1, 0.15) is 16.8 Å². The molecule has 1 aromatic rings. The molecule has 1 rings (SSSR count). The molecule has 0 atom stereocenters. The predicted octanol–water partition coefficient (Wildman–Crippen LogP) is 2.10. The maximum atomic E-state index is 12.4. The Morgan fingerprint density at radius 1 is 1.25 bits per heavy atom. The zero-order valence-electron chi connectivity index (χ0n) is 11.6. The molecule has 6 heteroatoms. The lowest BCUT2D eigenvalue weighted by atomic mass is 10.2. The molecule has 0 spiro atoms. The van der Waals surface area contributed by atoms with Gasteiger partial charge < -0.3 is 14.4 Å². The number of halogens is 1. The molecule has 0 aliphatic carbocycles. The highest BCUT2D eigenvalue weighted by atomic mass is 79.9. The van der Waals surface area contributed by atoms with E-state index in [0.717, 1.165) is 4.47 Å². The molecule has 0 radical (unpaired) electrons. The van der Waals surface area contributed by atoms with E-state index in [-0.39, 0.29) is 18.3 Å². The van der Waals surface area contributed by atoms with Gasteiger partial charge in [-0.1, -0.05) is 22.0 Å². The molecule has 0 bridgehead atoms. The first-order valence-corrected chi connectivity index (χ1v) is 6.98. The summed E-state index contributed by atoms with van der Waals surface area (Å²) in [7, 11) is 2.90. The molecule has 0 aliphatic rings. The molecule has 110 valence electrons. The average molecular weight is 344 g/mol. The zero-order valence-corrected chi connectivity index (χ0v) is 13.2. The second-order valence-corrected chi connectivity index (χ2v) is 5.04. The van der Waals surface area contributed by atoms with Crippen molar-refractivity contribution >= 4 is 27.8 Å². The number of ether oxygens (including phenoxy) is 2. The predicted molar refractivity (Wildman–Crippen MR) is 78.6 cm³/mol. The quantitative estimate of drug-likeness (QED) is 0.711. The molecule has 5 nitrogen and oxygen atoms in total. The smallest absolute Gasteiger partial charge is 0.307 e. The van der Waals surface area contributed by atoms with Crippen molar-refractivity contribution in [3.05, 3.63) is 34.3 Å². The molecular formula is C14H18BrNO4. The summed E-state index contributed by atoms with van der Waals surface area (Å²) < 4.78 is 10.4. The fourth-order valence-corrected chi connectivity index (χ4v) is 2.05. The van der Waals surface area contributed by atoms with Gasteiger partial charge in [-0.05, 0) is 18.2 Å². The van der Waals surface area contributed by atoms with Gasteiger partial charge in [-0.2, -0.15) is 0 Å². The minimum absolute atomic E-state index is 0.132. The van der Waals surface area contributed by atoms with Gasteiger partial charge in [0.1, 0.15) is 0 Å². The summed E-state index contributed by atoms with van der Waals surface area (Å²) in [6.07, 6.45) is 0.167. The number of carbonyl (C=O) groups is 2. The fraction of sp³-hybridized carbons (Fsp3) is 0.429. The van der Waals surface area contributed by atoms with Crippen LogP contribution in [-0.2, 0) is 14.3 Å². The average Bonchev–Trinajstić information content (AvgIpc) is 2.46. The van der Waals surface area contributed by atoms with Crippen molar-refractivity contribution in [2.24, 2.45) is 0 Å². The van der Waals surface area contributed by atoms with Gasteiger partial charge in [0, 0.05) is 30.2 Å². The highest BCUT2D eigenvalue weighted by Crippen LogP contribution is 2.13. The first kappa shape index (κ1) is 16.7. The molecule has 0 fully saturated rings. The summed E-state index contributed by atoms with van der Waals surface area (Å²) in [5.41, 5.74) is 0.570. The third kappa shape index (κ3) is 5.30. The first-order valence-electron chi connectivity index (χ1n) is 6.19. The van der Waals surface area contributed by atoms with Crippen molar-refractivity contribution in [1.29, 1.82) is 0 Å². The molecule has 0 N–H and O–H groups in total. The van der Waals surface area contributed by atoms with Gasteiger partial charge in [-0.15, -0.1) is 0 Å². The van der Waals surface area contributed by atoms with E-state index in [1.807, 2.05) is 6.07 Å². The number of benzene rings is 1. The second kappa shape index (κ2) is 8.71.